The molecule has 9 nitrogen and oxygen atoms in total. The van der Waals surface area contributed by atoms with E-state index in [-0.39, 0.29) is 29.6 Å². The predicted octanol–water partition coefficient (Wildman–Crippen LogP) is 3.72. The molecule has 0 bridgehead atoms. The lowest BCUT2D eigenvalue weighted by molar-refractivity contribution is -0.155. The Morgan fingerprint density at radius 1 is 1.20 bits per heavy atom. The van der Waals surface area contributed by atoms with E-state index >= 15 is 0 Å². The summed E-state index contributed by atoms with van der Waals surface area (Å²) in [4.78, 5) is 32.7. The molecular formula is C31H42N4O5. The second kappa shape index (κ2) is 12.7. The summed E-state index contributed by atoms with van der Waals surface area (Å²) in [5, 5.41) is 0. The molecule has 1 saturated heterocycles. The first kappa shape index (κ1) is 28.5. The average Bonchev–Trinajstić information content (AvgIpc) is 3.58. The lowest BCUT2D eigenvalue weighted by Crippen LogP contribution is -2.45. The van der Waals surface area contributed by atoms with Crippen molar-refractivity contribution in [2.24, 2.45) is 13.0 Å². The van der Waals surface area contributed by atoms with Crippen LogP contribution in [0.3, 0.4) is 0 Å². The van der Waals surface area contributed by atoms with Crippen LogP contribution in [0.4, 0.5) is 0 Å². The molecule has 40 heavy (non-hydrogen) atoms. The van der Waals surface area contributed by atoms with Crippen molar-refractivity contribution in [3.63, 3.8) is 0 Å². The van der Waals surface area contributed by atoms with E-state index in [2.05, 4.69) is 34.7 Å². The number of hydrogen-bond acceptors (Lipinski definition) is 7. The van der Waals surface area contributed by atoms with Gasteiger partial charge in [0.25, 0.3) is 5.56 Å². The topological polar surface area (TPSA) is 87.8 Å². The summed E-state index contributed by atoms with van der Waals surface area (Å²) in [6, 6.07) is 8.52. The highest BCUT2D eigenvalue weighted by molar-refractivity contribution is 5.81. The van der Waals surface area contributed by atoms with Crippen LogP contribution in [-0.2, 0) is 39.0 Å². The van der Waals surface area contributed by atoms with Crippen LogP contribution < -0.4 is 5.56 Å². The van der Waals surface area contributed by atoms with E-state index < -0.39 is 0 Å². The Kier molecular flexibility index (Phi) is 9.03. The molecule has 9 heteroatoms. The first-order valence-electron chi connectivity index (χ1n) is 14.5. The van der Waals surface area contributed by atoms with Crippen LogP contribution in [0.15, 0.2) is 35.3 Å². The fourth-order valence-electron chi connectivity index (χ4n) is 5.95. The zero-order valence-electron chi connectivity index (χ0n) is 24.2. The normalized spacial score (nSPS) is 19.4. The third kappa shape index (κ3) is 6.32. The molecular weight excluding hydrogens is 508 g/mol. The summed E-state index contributed by atoms with van der Waals surface area (Å²) >= 11 is 0. The summed E-state index contributed by atoms with van der Waals surface area (Å²) in [6.45, 7) is 5.22. The van der Waals surface area contributed by atoms with Crippen molar-refractivity contribution in [3.05, 3.63) is 51.9 Å². The molecule has 2 aromatic heterocycles. The second-order valence-electron chi connectivity index (χ2n) is 11.4. The molecule has 0 radical (unpaired) electrons. The van der Waals surface area contributed by atoms with Crippen LogP contribution in [0.5, 0.6) is 0 Å². The first-order valence-corrected chi connectivity index (χ1v) is 14.5. The molecule has 1 aliphatic heterocycles. The van der Waals surface area contributed by atoms with Gasteiger partial charge in [-0.05, 0) is 76.3 Å². The minimum absolute atomic E-state index is 0.00816. The second-order valence-corrected chi connectivity index (χ2v) is 11.4. The summed E-state index contributed by atoms with van der Waals surface area (Å²) < 4.78 is 20.8. The number of imidazole rings is 1. The van der Waals surface area contributed by atoms with Gasteiger partial charge >= 0.3 is 5.97 Å². The fourth-order valence-corrected chi connectivity index (χ4v) is 5.95. The Morgan fingerprint density at radius 2 is 2.00 bits per heavy atom. The van der Waals surface area contributed by atoms with E-state index in [0.717, 1.165) is 79.8 Å². The average molecular weight is 551 g/mol. The quantitative estimate of drug-likeness (QED) is 0.356. The number of pyridine rings is 1. The molecule has 1 saturated carbocycles. The molecule has 2 aliphatic rings. The van der Waals surface area contributed by atoms with Crippen LogP contribution >= 0.6 is 0 Å². The number of nitrogens with zero attached hydrogens (tertiary/aromatic N) is 4. The van der Waals surface area contributed by atoms with Gasteiger partial charge in [0.15, 0.2) is 0 Å². The minimum Gasteiger partial charge on any atom is -0.462 e. The number of likely N-dealkylation sites (N-methyl/N-ethyl adjacent to an activating group) is 1. The first-order chi connectivity index (χ1) is 19.3. The van der Waals surface area contributed by atoms with Crippen molar-refractivity contribution >= 4 is 17.0 Å². The number of methoxy groups -OCH3 is 1. The smallest absolute Gasteiger partial charge is 0.311 e. The molecule has 1 unspecified atom stereocenters. The Labute approximate surface area is 236 Å². The van der Waals surface area contributed by atoms with Crippen LogP contribution in [-0.4, -0.2) is 77.7 Å². The van der Waals surface area contributed by atoms with Crippen molar-refractivity contribution in [1.29, 1.82) is 0 Å². The summed E-state index contributed by atoms with van der Waals surface area (Å²) in [7, 11) is 5.54. The summed E-state index contributed by atoms with van der Waals surface area (Å²) in [5.41, 5.74) is 4.64. The van der Waals surface area contributed by atoms with Gasteiger partial charge in [-0.3, -0.25) is 14.5 Å². The van der Waals surface area contributed by atoms with Gasteiger partial charge in [0, 0.05) is 44.6 Å². The number of hydrogen-bond donors (Lipinski definition) is 0. The number of carbonyl (C=O) groups is 1. The lowest BCUT2D eigenvalue weighted by atomic mass is 9.99. The summed E-state index contributed by atoms with van der Waals surface area (Å²) in [5.74, 6) is 0.400. The van der Waals surface area contributed by atoms with E-state index in [1.807, 2.05) is 19.2 Å². The van der Waals surface area contributed by atoms with Crippen molar-refractivity contribution in [3.8, 4) is 11.4 Å². The van der Waals surface area contributed by atoms with Crippen molar-refractivity contribution in [2.75, 3.05) is 40.5 Å². The fraction of sp³-hybridized carbons (Fsp3) is 0.581. The van der Waals surface area contributed by atoms with Gasteiger partial charge in [0.05, 0.1) is 42.8 Å². The van der Waals surface area contributed by atoms with Gasteiger partial charge in [0.2, 0.25) is 0 Å². The number of esters is 1. The molecule has 1 aliphatic carbocycles. The number of fused-ring (bicyclic) bond motifs is 1. The highest BCUT2D eigenvalue weighted by Crippen LogP contribution is 2.28. The third-order valence-electron chi connectivity index (χ3n) is 8.42. The van der Waals surface area contributed by atoms with Gasteiger partial charge in [-0.25, -0.2) is 4.98 Å². The lowest BCUT2D eigenvalue weighted by Gasteiger charge is -2.33. The van der Waals surface area contributed by atoms with Gasteiger partial charge in [-0.15, -0.1) is 0 Å². The van der Waals surface area contributed by atoms with Crippen molar-refractivity contribution in [2.45, 2.75) is 64.1 Å². The number of rotatable bonds is 10. The van der Waals surface area contributed by atoms with Gasteiger partial charge < -0.3 is 23.3 Å². The highest BCUT2D eigenvalue weighted by atomic mass is 16.5. The molecule has 0 N–H and O–H groups in total. The molecule has 216 valence electrons. The Bertz CT molecular complexity index is 1360. The maximum Gasteiger partial charge on any atom is 0.311 e. The van der Waals surface area contributed by atoms with Gasteiger partial charge in [-0.2, -0.15) is 0 Å². The van der Waals surface area contributed by atoms with E-state index in [4.69, 9.17) is 19.2 Å². The number of benzene rings is 1. The molecule has 2 fully saturated rings. The molecule has 3 aromatic rings. The van der Waals surface area contributed by atoms with E-state index in [0.29, 0.717) is 25.2 Å². The van der Waals surface area contributed by atoms with E-state index in [9.17, 15) is 9.59 Å². The molecule has 0 spiro atoms. The van der Waals surface area contributed by atoms with Crippen molar-refractivity contribution < 1.29 is 19.0 Å². The Hall–Kier alpha value is -3.01. The van der Waals surface area contributed by atoms with Crippen LogP contribution in [0, 0.1) is 12.8 Å². The SMILES string of the molecule is COC[C@H](CCc1ccc2c(c1)nc(-c1cc(C)c(=O)n(C)c1)n2CC1COCCN1C)C(=O)OC1CCCC1. The van der Waals surface area contributed by atoms with Gasteiger partial charge in [-0.1, -0.05) is 6.07 Å². The van der Waals surface area contributed by atoms with Crippen molar-refractivity contribution in [1.82, 2.24) is 19.0 Å². The molecule has 5 rings (SSSR count). The number of aromatic nitrogens is 3. The number of ether oxygens (including phenoxy) is 3. The standard InChI is InChI=1S/C31H42N4O5/c1-21-15-24(17-34(3)30(21)36)29-32-27-16-22(9-11-23(19-38-4)31(37)40-26-7-5-6-8-26)10-12-28(27)35(29)18-25-20-39-14-13-33(25)2/h10,12,15-17,23,25-26H,5-9,11,13-14,18-20H2,1-4H3/t23-,25?/m0/s1. The zero-order valence-corrected chi connectivity index (χ0v) is 24.2. The predicted molar refractivity (Wildman–Crippen MR) is 154 cm³/mol. The Balaban J connectivity index is 1.42. The minimum atomic E-state index is -0.287. The van der Waals surface area contributed by atoms with Crippen LogP contribution in [0.25, 0.3) is 22.4 Å². The van der Waals surface area contributed by atoms with E-state index in [1.165, 1.54) is 0 Å². The number of morpholine rings is 1. The summed E-state index contributed by atoms with van der Waals surface area (Å²) in [6.07, 6.45) is 7.48. The van der Waals surface area contributed by atoms with Crippen LogP contribution in [0.2, 0.25) is 0 Å². The number of aryl methyl sites for hydroxylation is 3. The Morgan fingerprint density at radius 3 is 2.73 bits per heavy atom. The van der Waals surface area contributed by atoms with E-state index in [1.54, 1.807) is 18.7 Å². The number of carbonyl (C=O) groups excluding carboxylic acids is 1. The molecule has 0 amide bonds. The third-order valence-corrected chi connectivity index (χ3v) is 8.42. The highest BCUT2D eigenvalue weighted by Gasteiger charge is 2.26. The molecule has 3 heterocycles. The monoisotopic (exact) mass is 550 g/mol. The molecule has 1 aromatic carbocycles. The largest absolute Gasteiger partial charge is 0.462 e. The maximum absolute atomic E-state index is 12.9. The maximum atomic E-state index is 12.9. The van der Waals surface area contributed by atoms with Crippen LogP contribution in [0.1, 0.15) is 43.2 Å². The zero-order chi connectivity index (χ0) is 28.2. The molecule has 2 atom stereocenters. The van der Waals surface area contributed by atoms with Gasteiger partial charge in [0.1, 0.15) is 11.9 Å².